The van der Waals surface area contributed by atoms with Gasteiger partial charge >= 0.3 is 0 Å². The molecule has 1 aromatic heterocycles. The van der Waals surface area contributed by atoms with Crippen molar-refractivity contribution in [1.82, 2.24) is 9.97 Å². The number of sulfonamides is 1. The average Bonchev–Trinajstić information content (AvgIpc) is 2.38. The second kappa shape index (κ2) is 5.53. The Morgan fingerprint density at radius 2 is 2.05 bits per heavy atom. The van der Waals surface area contributed by atoms with E-state index in [1.165, 1.54) is 36.8 Å². The number of rotatable bonds is 3. The summed E-state index contributed by atoms with van der Waals surface area (Å²) in [5.41, 5.74) is 0.442. The number of hydrogen-bond donors (Lipinski definition) is 2. The quantitative estimate of drug-likeness (QED) is 0.878. The SMILES string of the molecule is NS(=O)(=O)c1ccc(NC(=O)c2cnccn2)cc1Cl. The molecule has 2 rings (SSSR count). The highest BCUT2D eigenvalue weighted by Gasteiger charge is 2.14. The smallest absolute Gasteiger partial charge is 0.275 e. The van der Waals surface area contributed by atoms with Crippen molar-refractivity contribution in [3.63, 3.8) is 0 Å². The van der Waals surface area contributed by atoms with Crippen LogP contribution in [0.3, 0.4) is 0 Å². The van der Waals surface area contributed by atoms with E-state index in [4.69, 9.17) is 16.7 Å². The molecule has 3 N–H and O–H groups in total. The molecule has 0 saturated heterocycles. The van der Waals surface area contributed by atoms with Gasteiger partial charge in [0.05, 0.1) is 11.2 Å². The second-order valence-corrected chi connectivity index (χ2v) is 5.67. The third-order valence-electron chi connectivity index (χ3n) is 2.29. The number of nitrogens with zero attached hydrogens (tertiary/aromatic N) is 2. The van der Waals surface area contributed by atoms with Gasteiger partial charge in [-0.2, -0.15) is 0 Å². The highest BCUT2D eigenvalue weighted by atomic mass is 35.5. The van der Waals surface area contributed by atoms with E-state index in [9.17, 15) is 13.2 Å². The fourth-order valence-corrected chi connectivity index (χ4v) is 2.51. The van der Waals surface area contributed by atoms with Crippen LogP contribution in [0.2, 0.25) is 5.02 Å². The molecule has 0 fully saturated rings. The maximum absolute atomic E-state index is 11.8. The van der Waals surface area contributed by atoms with Crippen LogP contribution in [-0.2, 0) is 10.0 Å². The first-order valence-electron chi connectivity index (χ1n) is 5.27. The fraction of sp³-hybridized carbons (Fsp3) is 0. The van der Waals surface area contributed by atoms with Crippen molar-refractivity contribution in [2.24, 2.45) is 5.14 Å². The minimum atomic E-state index is -3.90. The Labute approximate surface area is 119 Å². The molecule has 0 aliphatic rings. The van der Waals surface area contributed by atoms with Crippen molar-refractivity contribution in [3.05, 3.63) is 47.5 Å². The maximum Gasteiger partial charge on any atom is 0.275 e. The number of amides is 1. The summed E-state index contributed by atoms with van der Waals surface area (Å²) in [6.45, 7) is 0. The van der Waals surface area contributed by atoms with Crippen molar-refractivity contribution in [1.29, 1.82) is 0 Å². The summed E-state index contributed by atoms with van der Waals surface area (Å²) in [5.74, 6) is -0.488. The number of aromatic nitrogens is 2. The monoisotopic (exact) mass is 312 g/mol. The summed E-state index contributed by atoms with van der Waals surface area (Å²) >= 11 is 5.81. The van der Waals surface area contributed by atoms with Crippen LogP contribution in [0.5, 0.6) is 0 Å². The normalized spacial score (nSPS) is 11.1. The standard InChI is InChI=1S/C11H9ClN4O3S/c12-8-5-7(1-2-10(8)20(13,18)19)16-11(17)9-6-14-3-4-15-9/h1-6H,(H,16,17)(H2,13,18,19). The van der Waals surface area contributed by atoms with Gasteiger partial charge in [0.25, 0.3) is 5.91 Å². The van der Waals surface area contributed by atoms with Gasteiger partial charge in [0.15, 0.2) is 0 Å². The molecule has 0 aliphatic heterocycles. The van der Waals surface area contributed by atoms with Crippen LogP contribution < -0.4 is 10.5 Å². The third kappa shape index (κ3) is 3.29. The molecule has 0 radical (unpaired) electrons. The molecule has 1 aromatic carbocycles. The van der Waals surface area contributed by atoms with Gasteiger partial charge < -0.3 is 5.32 Å². The van der Waals surface area contributed by atoms with Crippen LogP contribution in [0.4, 0.5) is 5.69 Å². The summed E-state index contributed by atoms with van der Waals surface area (Å²) < 4.78 is 22.4. The van der Waals surface area contributed by atoms with Crippen LogP contribution in [0.25, 0.3) is 0 Å². The number of nitrogens with two attached hydrogens (primary N) is 1. The van der Waals surface area contributed by atoms with Crippen molar-refractivity contribution < 1.29 is 13.2 Å². The van der Waals surface area contributed by atoms with E-state index in [1.807, 2.05) is 0 Å². The van der Waals surface area contributed by atoms with Gasteiger partial charge in [-0.15, -0.1) is 0 Å². The molecule has 2 aromatic rings. The van der Waals surface area contributed by atoms with Crippen LogP contribution in [-0.4, -0.2) is 24.3 Å². The Bertz CT molecular complexity index is 750. The zero-order valence-electron chi connectivity index (χ0n) is 9.95. The van der Waals surface area contributed by atoms with Crippen LogP contribution in [0, 0.1) is 0 Å². The second-order valence-electron chi connectivity index (χ2n) is 3.73. The van der Waals surface area contributed by atoms with Gasteiger partial charge in [-0.3, -0.25) is 9.78 Å². The van der Waals surface area contributed by atoms with E-state index >= 15 is 0 Å². The van der Waals surface area contributed by atoms with Crippen molar-refractivity contribution in [2.45, 2.75) is 4.90 Å². The topological polar surface area (TPSA) is 115 Å². The zero-order chi connectivity index (χ0) is 14.8. The van der Waals surface area contributed by atoms with Gasteiger partial charge in [0, 0.05) is 18.1 Å². The van der Waals surface area contributed by atoms with Crippen molar-refractivity contribution in [2.75, 3.05) is 5.32 Å². The Morgan fingerprint density at radius 1 is 1.30 bits per heavy atom. The van der Waals surface area contributed by atoms with E-state index in [0.717, 1.165) is 0 Å². The third-order valence-corrected chi connectivity index (χ3v) is 3.69. The van der Waals surface area contributed by atoms with Crippen molar-refractivity contribution >= 4 is 33.2 Å². The lowest BCUT2D eigenvalue weighted by molar-refractivity contribution is 0.102. The Morgan fingerprint density at radius 3 is 2.60 bits per heavy atom. The molecule has 0 aliphatic carbocycles. The molecule has 0 unspecified atom stereocenters. The number of anilines is 1. The lowest BCUT2D eigenvalue weighted by Crippen LogP contribution is -2.15. The molecule has 0 bridgehead atoms. The number of carbonyl (C=O) groups is 1. The molecule has 1 amide bonds. The Balaban J connectivity index is 2.24. The predicted molar refractivity (Wildman–Crippen MR) is 72.8 cm³/mol. The lowest BCUT2D eigenvalue weighted by atomic mass is 10.3. The van der Waals surface area contributed by atoms with Gasteiger partial charge in [0.1, 0.15) is 10.6 Å². The number of benzene rings is 1. The first kappa shape index (κ1) is 14.4. The number of nitrogens with one attached hydrogen (secondary N) is 1. The summed E-state index contributed by atoms with van der Waals surface area (Å²) in [7, 11) is -3.90. The number of carbonyl (C=O) groups excluding carboxylic acids is 1. The minimum absolute atomic E-state index is 0.0792. The van der Waals surface area contributed by atoms with E-state index < -0.39 is 15.9 Å². The van der Waals surface area contributed by atoms with Gasteiger partial charge in [0.2, 0.25) is 10.0 Å². The Hall–Kier alpha value is -2.03. The molecule has 1 heterocycles. The maximum atomic E-state index is 11.8. The molecule has 9 heteroatoms. The number of hydrogen-bond acceptors (Lipinski definition) is 5. The molecule has 7 nitrogen and oxygen atoms in total. The highest BCUT2D eigenvalue weighted by Crippen LogP contribution is 2.24. The van der Waals surface area contributed by atoms with Crippen LogP contribution >= 0.6 is 11.6 Å². The summed E-state index contributed by atoms with van der Waals surface area (Å²) in [6, 6.07) is 3.87. The van der Waals surface area contributed by atoms with Crippen LogP contribution in [0.15, 0.2) is 41.7 Å². The molecule has 104 valence electrons. The van der Waals surface area contributed by atoms with Crippen LogP contribution in [0.1, 0.15) is 10.5 Å². The number of primary sulfonamides is 1. The van der Waals surface area contributed by atoms with Crippen molar-refractivity contribution in [3.8, 4) is 0 Å². The molecular weight excluding hydrogens is 304 g/mol. The van der Waals surface area contributed by atoms with E-state index in [0.29, 0.717) is 5.69 Å². The summed E-state index contributed by atoms with van der Waals surface area (Å²) in [4.78, 5) is 19.2. The molecular formula is C11H9ClN4O3S. The zero-order valence-corrected chi connectivity index (χ0v) is 11.5. The van der Waals surface area contributed by atoms with Gasteiger partial charge in [-0.1, -0.05) is 11.6 Å². The summed E-state index contributed by atoms with van der Waals surface area (Å²) in [5, 5.41) is 7.42. The first-order valence-corrected chi connectivity index (χ1v) is 7.20. The van der Waals surface area contributed by atoms with Gasteiger partial charge in [-0.05, 0) is 18.2 Å². The Kier molecular flexibility index (Phi) is 3.98. The minimum Gasteiger partial charge on any atom is -0.321 e. The van der Waals surface area contributed by atoms with Gasteiger partial charge in [-0.25, -0.2) is 18.5 Å². The van der Waals surface area contributed by atoms with E-state index in [-0.39, 0.29) is 15.6 Å². The number of halogens is 1. The molecule has 0 saturated carbocycles. The largest absolute Gasteiger partial charge is 0.321 e. The lowest BCUT2D eigenvalue weighted by Gasteiger charge is -2.07. The summed E-state index contributed by atoms with van der Waals surface area (Å²) in [6.07, 6.45) is 4.12. The fourth-order valence-electron chi connectivity index (χ4n) is 1.42. The molecule has 0 spiro atoms. The average molecular weight is 313 g/mol. The molecule has 0 atom stereocenters. The predicted octanol–water partition coefficient (Wildman–Crippen LogP) is 1.03. The first-order chi connectivity index (χ1) is 9.38. The molecule has 20 heavy (non-hydrogen) atoms. The highest BCUT2D eigenvalue weighted by molar-refractivity contribution is 7.89. The van der Waals surface area contributed by atoms with E-state index in [2.05, 4.69) is 15.3 Å². The van der Waals surface area contributed by atoms with E-state index in [1.54, 1.807) is 0 Å².